The van der Waals surface area contributed by atoms with Crippen LogP contribution in [0.15, 0.2) is 58.1 Å². The summed E-state index contributed by atoms with van der Waals surface area (Å²) in [6.07, 6.45) is -8.39. The predicted molar refractivity (Wildman–Crippen MR) is 286 cm³/mol. The summed E-state index contributed by atoms with van der Waals surface area (Å²) < 4.78 is 65.5. The lowest BCUT2D eigenvalue weighted by Gasteiger charge is -2.26. The zero-order valence-corrected chi connectivity index (χ0v) is 48.2. The van der Waals surface area contributed by atoms with Gasteiger partial charge in [0.1, 0.15) is 59.2 Å². The van der Waals surface area contributed by atoms with Gasteiger partial charge in [0.15, 0.2) is 23.9 Å². The molecule has 32 nitrogen and oxygen atoms in total. The van der Waals surface area contributed by atoms with Gasteiger partial charge in [0.05, 0.1) is 25.4 Å². The number of H-pyrrole nitrogens is 2. The molecule has 12 atom stereocenters. The largest absolute Gasteiger partial charge is 0.462 e. The summed E-state index contributed by atoms with van der Waals surface area (Å²) in [6, 6.07) is 10.1. The van der Waals surface area contributed by atoms with Gasteiger partial charge in [-0.3, -0.25) is 33.7 Å². The van der Waals surface area contributed by atoms with Crippen molar-refractivity contribution in [3.05, 3.63) is 90.9 Å². The second kappa shape index (κ2) is 26.1. The number of benzene rings is 2. The normalized spacial score (nSPS) is 24.8. The molecule has 0 amide bonds. The van der Waals surface area contributed by atoms with Gasteiger partial charge in [-0.05, 0) is 104 Å². The van der Waals surface area contributed by atoms with Gasteiger partial charge in [-0.1, -0.05) is 23.2 Å². The second-order valence-corrected chi connectivity index (χ2v) is 24.2. The molecule has 2 aliphatic rings. The summed E-state index contributed by atoms with van der Waals surface area (Å²) >= 11 is 17.4. The third kappa shape index (κ3) is 15.8. The number of aliphatic hydroxyl groups excluding tert-OH is 3. The molecule has 2 aromatic carbocycles. The molecule has 13 N–H and O–H groups in total. The summed E-state index contributed by atoms with van der Waals surface area (Å²) in [5.74, 6) is -1.40. The van der Waals surface area contributed by atoms with Crippen LogP contribution in [-0.2, 0) is 42.2 Å². The maximum Gasteiger partial charge on any atom is 0.459 e. The number of carbonyl (C=O) groups is 2. The molecule has 0 spiro atoms. The Bertz CT molecular complexity index is 3390. The Kier molecular flexibility index (Phi) is 20.7. The molecule has 0 bridgehead atoms. The van der Waals surface area contributed by atoms with E-state index < -0.39 is 117 Å². The van der Waals surface area contributed by atoms with Crippen molar-refractivity contribution in [2.45, 2.75) is 128 Å². The van der Waals surface area contributed by atoms with Crippen molar-refractivity contribution >= 4 is 84.2 Å². The van der Waals surface area contributed by atoms with E-state index in [9.17, 15) is 48.7 Å². The first-order valence-corrected chi connectivity index (χ1v) is 28.9. The molecule has 4 aromatic heterocycles. The number of rotatable bonds is 18. The molecule has 0 saturated carbocycles. The van der Waals surface area contributed by atoms with Gasteiger partial charge < -0.3 is 65.0 Å². The van der Waals surface area contributed by atoms with Crippen LogP contribution in [0.25, 0.3) is 11.3 Å². The van der Waals surface area contributed by atoms with Gasteiger partial charge in [0, 0.05) is 21.3 Å². The van der Waals surface area contributed by atoms with Crippen molar-refractivity contribution in [3.63, 3.8) is 0 Å². The number of esters is 2. The summed E-state index contributed by atoms with van der Waals surface area (Å²) in [6.45, 7) is 7.48. The van der Waals surface area contributed by atoms with Gasteiger partial charge >= 0.3 is 26.6 Å². The summed E-state index contributed by atoms with van der Waals surface area (Å²) in [7, 11) is -4.34. The molecule has 81 heavy (non-hydrogen) atoms. The Morgan fingerprint density at radius 2 is 1.10 bits per heavy atom. The molecule has 6 aromatic rings. The van der Waals surface area contributed by atoms with Crippen molar-refractivity contribution in [1.82, 2.24) is 59.8 Å². The number of ether oxygens (including phenoxy) is 4. The fourth-order valence-electron chi connectivity index (χ4n) is 7.55. The number of halogens is 3. The standard InChI is InChI=1S/C22H29ClN7O9P.C12H16Cl2NO4P.C10H14N6O5/c1-10(2)37-20(33)11(3)29-40(35,39-13-7-5-12(23)6-8-13)36-9-14-15(31)22(4,34)16(38-14)17-26-27-18-19(32)25-21(24)28-30(17)18;1-8(2)18-12(16)9(3)15-20(14,17)19-11-6-4-10(13)5-7-11;1-10(20)4(18)3(2-17)21-5(10)6-13-14-7-8(19)12-9(11)15-16(6)7/h5-8,10-11,14-16,31,34H,9H2,1-4H3,(H,29,35)(H3,24,25,28,32);4-9H,1-3H3,(H,15,17);3-5,17-18,20H,2H2,1H3,(H3,11,12,15,19)/t11-,14+,15+,16-,22+,40?;9-,20?;3-,4-,5+,10-/m001/s1. The SMILES string of the molecule is CC(C)OC(=O)[C@H](C)NP(=O)(Cl)Oc1ccc(Cl)cc1.CC(C)OC(=O)[C@H](C)NP(=O)(OC[C@H]1O[C@@H](c2nnc3c(=O)[nH]c(N)nn23)[C@](C)(O)[C@@H]1O)Oc1ccc(Cl)cc1.C[C@@]1(O)[C@H](O)[C@@H](CO)O[C@H]1c1nnc2c(=O)[nH]c(N)nn12. The maximum absolute atomic E-state index is 13.8. The van der Waals surface area contributed by atoms with E-state index >= 15 is 0 Å². The highest BCUT2D eigenvalue weighted by molar-refractivity contribution is 7.84. The first kappa shape index (κ1) is 64.2. The number of anilines is 2. The number of nitrogen functional groups attached to an aromatic ring is 2. The van der Waals surface area contributed by atoms with Crippen molar-refractivity contribution < 1.29 is 76.8 Å². The number of carbonyl (C=O) groups excluding carboxylic acids is 2. The minimum atomic E-state index is -4.34. The van der Waals surface area contributed by atoms with Gasteiger partial charge in [0.2, 0.25) is 23.2 Å². The Balaban J connectivity index is 0.000000216. The minimum absolute atomic E-state index is 0.00259. The maximum atomic E-state index is 13.8. The average Bonchev–Trinajstić information content (AvgIpc) is 4.32. The molecule has 2 unspecified atom stereocenters. The zero-order chi connectivity index (χ0) is 60.1. The number of aromatic nitrogens is 10. The van der Waals surface area contributed by atoms with E-state index in [1.165, 1.54) is 64.1 Å². The number of nitrogens with one attached hydrogen (secondary N) is 4. The van der Waals surface area contributed by atoms with Gasteiger partial charge in [0.25, 0.3) is 11.1 Å². The quantitative estimate of drug-likeness (QED) is 0.0430. The third-order valence-corrected chi connectivity index (χ3v) is 15.3. The Labute approximate surface area is 473 Å². The lowest BCUT2D eigenvalue weighted by Crippen LogP contribution is -2.44. The van der Waals surface area contributed by atoms with Crippen LogP contribution in [0.1, 0.15) is 79.2 Å². The number of hydrogen-bond acceptors (Lipinski definition) is 26. The molecule has 0 aliphatic carbocycles. The van der Waals surface area contributed by atoms with E-state index in [1.807, 2.05) is 0 Å². The predicted octanol–water partition coefficient (Wildman–Crippen LogP) is 1.67. The Hall–Kier alpha value is -5.93. The summed E-state index contributed by atoms with van der Waals surface area (Å²) in [5, 5.41) is 80.2. The van der Waals surface area contributed by atoms with Gasteiger partial charge in [-0.2, -0.15) is 14.1 Å². The van der Waals surface area contributed by atoms with E-state index in [2.05, 4.69) is 50.7 Å². The monoisotopic (exact) mass is 1240 g/mol. The third-order valence-electron chi connectivity index (χ3n) is 11.5. The topological polar surface area (TPSA) is 462 Å². The van der Waals surface area contributed by atoms with Crippen LogP contribution in [0.5, 0.6) is 11.5 Å². The molecule has 8 rings (SSSR count). The van der Waals surface area contributed by atoms with E-state index in [4.69, 9.17) is 83.5 Å². The van der Waals surface area contributed by atoms with Gasteiger partial charge in [-0.25, -0.2) is 14.2 Å². The molecule has 0 radical (unpaired) electrons. The zero-order valence-electron chi connectivity index (χ0n) is 44.1. The van der Waals surface area contributed by atoms with Crippen LogP contribution in [0.4, 0.5) is 11.9 Å². The average molecular weight is 1240 g/mol. The first-order valence-electron chi connectivity index (χ1n) is 24.1. The number of fused-ring (bicyclic) bond motifs is 2. The molecular weight excluding hydrogens is 1180 g/mol. The Morgan fingerprint density at radius 3 is 1.51 bits per heavy atom. The molecule has 2 fully saturated rings. The highest BCUT2D eigenvalue weighted by atomic mass is 35.7. The van der Waals surface area contributed by atoms with Crippen LogP contribution in [0.2, 0.25) is 10.0 Å². The lowest BCUT2D eigenvalue weighted by molar-refractivity contribution is -0.149. The van der Waals surface area contributed by atoms with Crippen LogP contribution >= 0.6 is 49.1 Å². The molecule has 6 heterocycles. The number of hydrogen-bond donors (Lipinski definition) is 11. The van der Waals surface area contributed by atoms with E-state index in [-0.39, 0.29) is 52.4 Å². The fourth-order valence-corrected chi connectivity index (χ4v) is 11.0. The molecule has 2 saturated heterocycles. The number of aliphatic hydroxyl groups is 5. The van der Waals surface area contributed by atoms with Crippen molar-refractivity contribution in [1.29, 1.82) is 0 Å². The van der Waals surface area contributed by atoms with Crippen LogP contribution in [0, 0.1) is 0 Å². The second-order valence-electron chi connectivity index (χ2n) is 18.9. The smallest absolute Gasteiger partial charge is 0.459 e. The van der Waals surface area contributed by atoms with Crippen LogP contribution in [0.3, 0.4) is 0 Å². The van der Waals surface area contributed by atoms with Gasteiger partial charge in [-0.15, -0.1) is 30.6 Å². The first-order chi connectivity index (χ1) is 37.7. The van der Waals surface area contributed by atoms with Crippen molar-refractivity contribution in [3.8, 4) is 11.5 Å². The van der Waals surface area contributed by atoms with E-state index in [1.54, 1.807) is 39.8 Å². The summed E-state index contributed by atoms with van der Waals surface area (Å²) in [4.78, 5) is 52.3. The minimum Gasteiger partial charge on any atom is -0.462 e. The molecule has 2 aliphatic heterocycles. The van der Waals surface area contributed by atoms with E-state index in [0.29, 0.717) is 10.0 Å². The highest BCUT2D eigenvalue weighted by Gasteiger charge is 2.56. The van der Waals surface area contributed by atoms with Crippen LogP contribution < -0.4 is 41.8 Å². The number of nitrogens with zero attached hydrogens (tertiary/aromatic N) is 8. The number of aromatic amines is 2. The summed E-state index contributed by atoms with van der Waals surface area (Å²) in [5.41, 5.74) is 5.74. The lowest BCUT2D eigenvalue weighted by atomic mass is 9.92. The fraction of sp³-hybridized carbons (Fsp3) is 0.500. The van der Waals surface area contributed by atoms with E-state index in [0.717, 1.165) is 9.03 Å². The molecule has 37 heteroatoms. The van der Waals surface area contributed by atoms with Crippen molar-refractivity contribution in [2.24, 2.45) is 0 Å². The number of nitrogens with two attached hydrogens (primary N) is 2. The molecule has 444 valence electrons. The highest BCUT2D eigenvalue weighted by Crippen LogP contribution is 2.50. The van der Waals surface area contributed by atoms with Crippen LogP contribution in [-0.4, -0.2) is 160 Å². The Morgan fingerprint density at radius 1 is 0.704 bits per heavy atom. The molecular formula is C44H59Cl3N14O18P2. The van der Waals surface area contributed by atoms with Crippen molar-refractivity contribution in [2.75, 3.05) is 24.7 Å².